The van der Waals surface area contributed by atoms with E-state index in [4.69, 9.17) is 0 Å². The summed E-state index contributed by atoms with van der Waals surface area (Å²) >= 11 is 2.25. The summed E-state index contributed by atoms with van der Waals surface area (Å²) in [5, 5.41) is 0. The summed E-state index contributed by atoms with van der Waals surface area (Å²) in [5.74, 6) is 0.613. The minimum Gasteiger partial charge on any atom is -0.337 e. The van der Waals surface area contributed by atoms with Crippen LogP contribution in [-0.4, -0.2) is 49.4 Å². The second kappa shape index (κ2) is 7.85. The Hall–Kier alpha value is -0.620. The Morgan fingerprint density at radius 2 is 1.74 bits per heavy atom. The fourth-order valence-electron chi connectivity index (χ4n) is 1.81. The van der Waals surface area contributed by atoms with Gasteiger partial charge in [-0.2, -0.15) is 0 Å². The van der Waals surface area contributed by atoms with E-state index < -0.39 is 0 Å². The van der Waals surface area contributed by atoms with Crippen molar-refractivity contribution in [2.45, 2.75) is 13.8 Å². The average molecular weight is 374 g/mol. The molecule has 0 bridgehead atoms. The molecule has 0 saturated carbocycles. The maximum Gasteiger partial charge on any atom is 0.253 e. The largest absolute Gasteiger partial charge is 0.337 e. The van der Waals surface area contributed by atoms with Crippen LogP contribution in [0.15, 0.2) is 24.3 Å². The number of halogens is 1. The molecule has 0 aliphatic carbocycles. The maximum atomic E-state index is 12.5. The van der Waals surface area contributed by atoms with E-state index in [9.17, 15) is 4.79 Å². The van der Waals surface area contributed by atoms with Crippen LogP contribution in [0.3, 0.4) is 0 Å². The fourth-order valence-corrected chi connectivity index (χ4v) is 2.17. The Bertz CT molecular complexity index is 401. The summed E-state index contributed by atoms with van der Waals surface area (Å²) in [7, 11) is 4.06. The van der Waals surface area contributed by atoms with Gasteiger partial charge in [-0.3, -0.25) is 4.79 Å². The molecule has 106 valence electrons. The Morgan fingerprint density at radius 3 is 2.21 bits per heavy atom. The number of rotatable bonds is 6. The van der Waals surface area contributed by atoms with Crippen LogP contribution >= 0.6 is 22.6 Å². The molecule has 0 aliphatic rings. The minimum absolute atomic E-state index is 0.131. The first-order valence-corrected chi connectivity index (χ1v) is 7.67. The molecule has 0 heterocycles. The van der Waals surface area contributed by atoms with Crippen LogP contribution in [-0.2, 0) is 0 Å². The fraction of sp³-hybridized carbons (Fsp3) is 0.533. The van der Waals surface area contributed by atoms with Crippen molar-refractivity contribution in [3.8, 4) is 0 Å². The van der Waals surface area contributed by atoms with Gasteiger partial charge in [-0.25, -0.2) is 0 Å². The molecule has 1 rings (SSSR count). The molecule has 1 amide bonds. The minimum atomic E-state index is 0.131. The predicted octanol–water partition coefficient (Wildman–Crippen LogP) is 2.95. The lowest BCUT2D eigenvalue weighted by Crippen LogP contribution is -2.39. The quantitative estimate of drug-likeness (QED) is 0.715. The third-order valence-electron chi connectivity index (χ3n) is 2.78. The second-order valence-electron chi connectivity index (χ2n) is 5.46. The van der Waals surface area contributed by atoms with E-state index in [0.29, 0.717) is 5.92 Å². The molecule has 1 aromatic rings. The highest BCUT2D eigenvalue weighted by molar-refractivity contribution is 14.1. The van der Waals surface area contributed by atoms with Crippen LogP contribution in [0, 0.1) is 9.49 Å². The molecule has 0 spiro atoms. The number of benzene rings is 1. The van der Waals surface area contributed by atoms with E-state index in [1.165, 1.54) is 0 Å². The molecule has 0 fully saturated rings. The van der Waals surface area contributed by atoms with E-state index in [1.54, 1.807) is 0 Å². The molecule has 0 atom stereocenters. The molecule has 19 heavy (non-hydrogen) atoms. The normalized spacial score (nSPS) is 11.1. The molecule has 4 heteroatoms. The van der Waals surface area contributed by atoms with Gasteiger partial charge < -0.3 is 9.80 Å². The maximum absolute atomic E-state index is 12.5. The van der Waals surface area contributed by atoms with Gasteiger partial charge in [0.2, 0.25) is 0 Å². The van der Waals surface area contributed by atoms with Crippen LogP contribution in [0.4, 0.5) is 0 Å². The summed E-state index contributed by atoms with van der Waals surface area (Å²) in [6, 6.07) is 7.78. The topological polar surface area (TPSA) is 23.6 Å². The number of amides is 1. The number of likely N-dealkylation sites (N-methyl/N-ethyl adjacent to an activating group) is 1. The van der Waals surface area contributed by atoms with E-state index >= 15 is 0 Å². The van der Waals surface area contributed by atoms with Gasteiger partial charge in [-0.05, 0) is 66.9 Å². The van der Waals surface area contributed by atoms with Crippen molar-refractivity contribution in [3.05, 3.63) is 33.4 Å². The molecule has 1 aromatic carbocycles. The highest BCUT2D eigenvalue weighted by Crippen LogP contribution is 2.11. The number of hydrogen-bond donors (Lipinski definition) is 0. The lowest BCUT2D eigenvalue weighted by atomic mass is 10.1. The summed E-state index contributed by atoms with van der Waals surface area (Å²) in [6.07, 6.45) is 0. The van der Waals surface area contributed by atoms with Gasteiger partial charge in [0, 0.05) is 28.8 Å². The lowest BCUT2D eigenvalue weighted by molar-refractivity contribution is 0.0724. The Morgan fingerprint density at radius 1 is 1.16 bits per heavy atom. The SMILES string of the molecule is CC(C)CN(CCN(C)C)C(=O)c1ccc(I)cc1. The van der Waals surface area contributed by atoms with Crippen LogP contribution in [0.1, 0.15) is 24.2 Å². The third-order valence-corrected chi connectivity index (χ3v) is 3.50. The molecule has 0 N–H and O–H groups in total. The van der Waals surface area contributed by atoms with Crippen molar-refractivity contribution in [2.75, 3.05) is 33.7 Å². The van der Waals surface area contributed by atoms with E-state index in [-0.39, 0.29) is 5.91 Å². The summed E-state index contributed by atoms with van der Waals surface area (Å²) in [6.45, 7) is 6.76. The summed E-state index contributed by atoms with van der Waals surface area (Å²) < 4.78 is 1.15. The van der Waals surface area contributed by atoms with Crippen molar-refractivity contribution in [1.29, 1.82) is 0 Å². The van der Waals surface area contributed by atoms with Crippen LogP contribution < -0.4 is 0 Å². The predicted molar refractivity (Wildman–Crippen MR) is 88.5 cm³/mol. The molecule has 0 radical (unpaired) electrons. The Labute approximate surface area is 130 Å². The van der Waals surface area contributed by atoms with Gasteiger partial charge in [0.05, 0.1) is 0 Å². The monoisotopic (exact) mass is 374 g/mol. The first kappa shape index (κ1) is 16.4. The van der Waals surface area contributed by atoms with Crippen molar-refractivity contribution >= 4 is 28.5 Å². The molecule has 0 saturated heterocycles. The van der Waals surface area contributed by atoms with Crippen molar-refractivity contribution in [1.82, 2.24) is 9.80 Å². The van der Waals surface area contributed by atoms with Crippen molar-refractivity contribution in [2.24, 2.45) is 5.92 Å². The van der Waals surface area contributed by atoms with E-state index in [0.717, 1.165) is 28.8 Å². The number of carbonyl (C=O) groups excluding carboxylic acids is 1. The standard InChI is InChI=1S/C15H23IN2O/c1-12(2)11-18(10-9-17(3)4)15(19)13-5-7-14(16)8-6-13/h5-8,12H,9-11H2,1-4H3. The lowest BCUT2D eigenvalue weighted by Gasteiger charge is -2.26. The Kier molecular flexibility index (Phi) is 6.79. The molecule has 0 aromatic heterocycles. The zero-order valence-electron chi connectivity index (χ0n) is 12.2. The number of carbonyl (C=O) groups is 1. The van der Waals surface area contributed by atoms with Crippen molar-refractivity contribution < 1.29 is 4.79 Å². The van der Waals surface area contributed by atoms with Gasteiger partial charge in [0.15, 0.2) is 0 Å². The average Bonchev–Trinajstić information content (AvgIpc) is 2.34. The van der Waals surface area contributed by atoms with Gasteiger partial charge in [0.25, 0.3) is 5.91 Å². The first-order valence-electron chi connectivity index (χ1n) is 6.59. The first-order chi connectivity index (χ1) is 8.90. The molecule has 0 aliphatic heterocycles. The smallest absolute Gasteiger partial charge is 0.253 e. The van der Waals surface area contributed by atoms with Crippen LogP contribution in [0.5, 0.6) is 0 Å². The van der Waals surface area contributed by atoms with Gasteiger partial charge in [-0.15, -0.1) is 0 Å². The van der Waals surface area contributed by atoms with Crippen molar-refractivity contribution in [3.63, 3.8) is 0 Å². The highest BCUT2D eigenvalue weighted by Gasteiger charge is 2.16. The molecule has 0 unspecified atom stereocenters. The van der Waals surface area contributed by atoms with Crippen LogP contribution in [0.25, 0.3) is 0 Å². The zero-order chi connectivity index (χ0) is 14.4. The van der Waals surface area contributed by atoms with Gasteiger partial charge in [0.1, 0.15) is 0 Å². The highest BCUT2D eigenvalue weighted by atomic mass is 127. The van der Waals surface area contributed by atoms with E-state index in [1.807, 2.05) is 43.3 Å². The summed E-state index contributed by atoms with van der Waals surface area (Å²) in [5.41, 5.74) is 0.778. The molecular formula is C15H23IN2O. The number of hydrogen-bond acceptors (Lipinski definition) is 2. The molecular weight excluding hydrogens is 351 g/mol. The summed E-state index contributed by atoms with van der Waals surface area (Å²) in [4.78, 5) is 16.6. The van der Waals surface area contributed by atoms with E-state index in [2.05, 4.69) is 41.3 Å². The zero-order valence-corrected chi connectivity index (χ0v) is 14.3. The molecule has 3 nitrogen and oxygen atoms in total. The van der Waals surface area contributed by atoms with Gasteiger partial charge >= 0.3 is 0 Å². The Balaban J connectivity index is 2.77. The number of nitrogens with zero attached hydrogens (tertiary/aromatic N) is 2. The third kappa shape index (κ3) is 5.91. The second-order valence-corrected chi connectivity index (χ2v) is 6.70. The van der Waals surface area contributed by atoms with Crippen LogP contribution in [0.2, 0.25) is 0 Å². The van der Waals surface area contributed by atoms with Gasteiger partial charge in [-0.1, -0.05) is 13.8 Å².